The Morgan fingerprint density at radius 2 is 1.90 bits per heavy atom. The number of hydrogen-bond acceptors (Lipinski definition) is 2. The number of benzene rings is 1. The molecule has 0 aliphatic rings. The molecule has 1 unspecified atom stereocenters. The summed E-state index contributed by atoms with van der Waals surface area (Å²) in [7, 11) is 1.29. The van der Waals surface area contributed by atoms with Crippen LogP contribution < -0.4 is 4.74 Å². The SMILES string of the molecule is CCCCOc1cccc(C(C)(CC(F)(F)F)OC)c1. The first-order valence-corrected chi connectivity index (χ1v) is 6.66. The second-order valence-corrected chi connectivity index (χ2v) is 4.96. The van der Waals surface area contributed by atoms with Gasteiger partial charge in [0.15, 0.2) is 0 Å². The molecule has 0 aromatic heterocycles. The van der Waals surface area contributed by atoms with Crippen LogP contribution in [-0.2, 0) is 10.3 Å². The zero-order valence-electron chi connectivity index (χ0n) is 12.1. The van der Waals surface area contributed by atoms with Gasteiger partial charge in [-0.15, -0.1) is 0 Å². The predicted molar refractivity (Wildman–Crippen MR) is 71.9 cm³/mol. The van der Waals surface area contributed by atoms with Crippen molar-refractivity contribution >= 4 is 0 Å². The lowest BCUT2D eigenvalue weighted by atomic mass is 9.92. The van der Waals surface area contributed by atoms with Gasteiger partial charge < -0.3 is 9.47 Å². The van der Waals surface area contributed by atoms with Crippen molar-refractivity contribution in [1.29, 1.82) is 0 Å². The van der Waals surface area contributed by atoms with Gasteiger partial charge in [0.1, 0.15) is 5.75 Å². The number of alkyl halides is 3. The van der Waals surface area contributed by atoms with E-state index in [-0.39, 0.29) is 0 Å². The van der Waals surface area contributed by atoms with Crippen molar-refractivity contribution in [2.24, 2.45) is 0 Å². The highest BCUT2D eigenvalue weighted by Gasteiger charge is 2.40. The third-order valence-electron chi connectivity index (χ3n) is 3.20. The maximum Gasteiger partial charge on any atom is 0.392 e. The third-order valence-corrected chi connectivity index (χ3v) is 3.20. The zero-order valence-corrected chi connectivity index (χ0v) is 12.1. The zero-order chi connectivity index (χ0) is 15.2. The number of unbranched alkanes of at least 4 members (excludes halogenated alkanes) is 1. The Balaban J connectivity index is 2.89. The van der Waals surface area contributed by atoms with E-state index in [2.05, 4.69) is 0 Å². The van der Waals surface area contributed by atoms with Crippen LogP contribution in [0.1, 0.15) is 38.7 Å². The van der Waals surface area contributed by atoms with Crippen LogP contribution >= 0.6 is 0 Å². The molecular weight excluding hydrogens is 269 g/mol. The van der Waals surface area contributed by atoms with Crippen molar-refractivity contribution in [2.45, 2.75) is 44.9 Å². The van der Waals surface area contributed by atoms with Crippen LogP contribution in [0, 0.1) is 0 Å². The van der Waals surface area contributed by atoms with Gasteiger partial charge >= 0.3 is 6.18 Å². The summed E-state index contributed by atoms with van der Waals surface area (Å²) in [6, 6.07) is 6.67. The van der Waals surface area contributed by atoms with Crippen LogP contribution in [0.3, 0.4) is 0 Å². The molecule has 0 bridgehead atoms. The molecule has 0 saturated heterocycles. The molecule has 114 valence electrons. The molecule has 0 amide bonds. The Hall–Kier alpha value is -1.23. The van der Waals surface area contributed by atoms with E-state index in [1.54, 1.807) is 24.3 Å². The highest BCUT2D eigenvalue weighted by molar-refractivity contribution is 5.32. The smallest absolute Gasteiger partial charge is 0.392 e. The largest absolute Gasteiger partial charge is 0.494 e. The minimum absolute atomic E-state index is 0.464. The summed E-state index contributed by atoms with van der Waals surface area (Å²) < 4.78 is 48.6. The number of methoxy groups -OCH3 is 1. The van der Waals surface area contributed by atoms with Gasteiger partial charge in [0.2, 0.25) is 0 Å². The maximum atomic E-state index is 12.7. The van der Waals surface area contributed by atoms with E-state index >= 15 is 0 Å². The fourth-order valence-electron chi connectivity index (χ4n) is 1.92. The molecule has 1 atom stereocenters. The van der Waals surface area contributed by atoms with Crippen molar-refractivity contribution < 1.29 is 22.6 Å². The monoisotopic (exact) mass is 290 g/mol. The van der Waals surface area contributed by atoms with E-state index in [1.165, 1.54) is 14.0 Å². The molecule has 0 saturated carbocycles. The van der Waals surface area contributed by atoms with E-state index in [9.17, 15) is 13.2 Å². The summed E-state index contributed by atoms with van der Waals surface area (Å²) >= 11 is 0. The fraction of sp³-hybridized carbons (Fsp3) is 0.600. The van der Waals surface area contributed by atoms with E-state index in [0.29, 0.717) is 17.9 Å². The molecule has 2 nitrogen and oxygen atoms in total. The molecule has 5 heteroatoms. The van der Waals surface area contributed by atoms with Crippen molar-refractivity contribution in [3.05, 3.63) is 29.8 Å². The van der Waals surface area contributed by atoms with E-state index in [0.717, 1.165) is 12.8 Å². The number of halogens is 3. The average Bonchev–Trinajstić information content (AvgIpc) is 2.37. The van der Waals surface area contributed by atoms with Crippen LogP contribution in [0.15, 0.2) is 24.3 Å². The summed E-state index contributed by atoms with van der Waals surface area (Å²) in [5.74, 6) is 0.571. The Morgan fingerprint density at radius 1 is 1.20 bits per heavy atom. The second kappa shape index (κ2) is 6.97. The summed E-state index contributed by atoms with van der Waals surface area (Å²) in [4.78, 5) is 0. The van der Waals surface area contributed by atoms with Crippen molar-refractivity contribution in [1.82, 2.24) is 0 Å². The first kappa shape index (κ1) is 16.8. The van der Waals surface area contributed by atoms with Crippen LogP contribution in [0.25, 0.3) is 0 Å². The molecular formula is C15H21F3O2. The number of ether oxygens (including phenoxy) is 2. The van der Waals surface area contributed by atoms with E-state index in [4.69, 9.17) is 9.47 Å². The van der Waals surface area contributed by atoms with Crippen LogP contribution in [0.2, 0.25) is 0 Å². The molecule has 0 heterocycles. The number of rotatable bonds is 7. The summed E-state index contributed by atoms with van der Waals surface area (Å²) in [6.07, 6.45) is -3.41. The van der Waals surface area contributed by atoms with E-state index < -0.39 is 18.2 Å². The van der Waals surface area contributed by atoms with Gasteiger partial charge in [-0.3, -0.25) is 0 Å². The molecule has 0 spiro atoms. The third kappa shape index (κ3) is 5.04. The average molecular weight is 290 g/mol. The Bertz CT molecular complexity index is 418. The maximum absolute atomic E-state index is 12.7. The molecule has 1 aromatic rings. The molecule has 0 aliphatic carbocycles. The first-order chi connectivity index (χ1) is 9.30. The highest BCUT2D eigenvalue weighted by Crippen LogP contribution is 2.37. The lowest BCUT2D eigenvalue weighted by Crippen LogP contribution is -2.31. The Morgan fingerprint density at radius 3 is 2.45 bits per heavy atom. The quantitative estimate of drug-likeness (QED) is 0.679. The molecule has 0 aliphatic heterocycles. The lowest BCUT2D eigenvalue weighted by Gasteiger charge is -2.30. The van der Waals surface area contributed by atoms with Gasteiger partial charge in [0, 0.05) is 7.11 Å². The molecule has 1 aromatic carbocycles. The molecule has 0 fully saturated rings. The van der Waals surface area contributed by atoms with Gasteiger partial charge in [0.25, 0.3) is 0 Å². The van der Waals surface area contributed by atoms with Gasteiger partial charge in [-0.2, -0.15) is 13.2 Å². The second-order valence-electron chi connectivity index (χ2n) is 4.96. The first-order valence-electron chi connectivity index (χ1n) is 6.66. The minimum atomic E-state index is -4.29. The summed E-state index contributed by atoms with van der Waals surface area (Å²) in [5, 5.41) is 0. The van der Waals surface area contributed by atoms with Crippen molar-refractivity contribution in [2.75, 3.05) is 13.7 Å². The van der Waals surface area contributed by atoms with Crippen LogP contribution in [0.5, 0.6) is 5.75 Å². The summed E-state index contributed by atoms with van der Waals surface area (Å²) in [5.41, 5.74) is -0.936. The minimum Gasteiger partial charge on any atom is -0.494 e. The Labute approximate surface area is 117 Å². The highest BCUT2D eigenvalue weighted by atomic mass is 19.4. The molecule has 1 rings (SSSR count). The molecule has 0 radical (unpaired) electrons. The van der Waals surface area contributed by atoms with Gasteiger partial charge in [-0.25, -0.2) is 0 Å². The van der Waals surface area contributed by atoms with Gasteiger partial charge in [-0.05, 0) is 31.0 Å². The van der Waals surface area contributed by atoms with E-state index in [1.807, 2.05) is 6.92 Å². The van der Waals surface area contributed by atoms with Crippen LogP contribution in [0.4, 0.5) is 13.2 Å². The normalized spacial score (nSPS) is 14.9. The van der Waals surface area contributed by atoms with Crippen LogP contribution in [-0.4, -0.2) is 19.9 Å². The number of hydrogen-bond donors (Lipinski definition) is 0. The predicted octanol–water partition coefficient (Wildman–Crippen LogP) is 4.68. The van der Waals surface area contributed by atoms with Crippen molar-refractivity contribution in [3.63, 3.8) is 0 Å². The fourth-order valence-corrected chi connectivity index (χ4v) is 1.92. The lowest BCUT2D eigenvalue weighted by molar-refractivity contribution is -0.181. The van der Waals surface area contributed by atoms with Gasteiger partial charge in [0.05, 0.1) is 18.6 Å². The Kier molecular flexibility index (Phi) is 5.87. The molecule has 20 heavy (non-hydrogen) atoms. The summed E-state index contributed by atoms with van der Waals surface area (Å²) in [6.45, 7) is 4.04. The van der Waals surface area contributed by atoms with Gasteiger partial charge in [-0.1, -0.05) is 25.5 Å². The van der Waals surface area contributed by atoms with Crippen molar-refractivity contribution in [3.8, 4) is 5.75 Å². The topological polar surface area (TPSA) is 18.5 Å². The standard InChI is InChI=1S/C15H21F3O2/c1-4-5-9-20-13-8-6-7-12(10-13)14(2,19-3)11-15(16,17)18/h6-8,10H,4-5,9,11H2,1-3H3. The molecule has 0 N–H and O–H groups in total.